The maximum atomic E-state index is 14.4. The van der Waals surface area contributed by atoms with Crippen molar-refractivity contribution in [3.63, 3.8) is 0 Å². The van der Waals surface area contributed by atoms with Gasteiger partial charge in [-0.2, -0.15) is 23.5 Å². The van der Waals surface area contributed by atoms with E-state index in [1.54, 1.807) is 19.0 Å². The van der Waals surface area contributed by atoms with Gasteiger partial charge in [0.15, 0.2) is 0 Å². The highest BCUT2D eigenvalue weighted by Gasteiger charge is 2.45. The molecule has 3 aromatic rings. The Morgan fingerprint density at radius 3 is 2.63 bits per heavy atom. The molecule has 4 rings (SSSR count). The van der Waals surface area contributed by atoms with Gasteiger partial charge >= 0.3 is 6.18 Å². The lowest BCUT2D eigenvalue weighted by molar-refractivity contribution is -0.141. The fourth-order valence-corrected chi connectivity index (χ4v) is 4.03. The average Bonchev–Trinajstić information content (AvgIpc) is 3.32. The Bertz CT molecular complexity index is 1320. The number of halogens is 6. The molecule has 0 amide bonds. The van der Waals surface area contributed by atoms with Gasteiger partial charge in [-0.15, -0.1) is 0 Å². The van der Waals surface area contributed by atoms with Crippen LogP contribution in [0.1, 0.15) is 29.4 Å². The van der Waals surface area contributed by atoms with Gasteiger partial charge in [0.25, 0.3) is 5.92 Å². The fraction of sp³-hybridized carbons (Fsp3) is 0.360. The molecular formula is C25H24F6N6O. The first kappa shape index (κ1) is 28.6. The van der Waals surface area contributed by atoms with Crippen molar-refractivity contribution in [2.75, 3.05) is 32.5 Å². The van der Waals surface area contributed by atoms with Gasteiger partial charge < -0.3 is 15.0 Å². The molecule has 1 unspecified atom stereocenters. The number of nitriles is 1. The zero-order valence-electron chi connectivity index (χ0n) is 20.4. The molecular weight excluding hydrogens is 514 g/mol. The third-order valence-corrected chi connectivity index (χ3v) is 5.85. The van der Waals surface area contributed by atoms with Crippen molar-refractivity contribution in [1.29, 1.82) is 5.26 Å². The van der Waals surface area contributed by atoms with Gasteiger partial charge in [0.2, 0.25) is 0 Å². The van der Waals surface area contributed by atoms with Crippen LogP contribution in [0.3, 0.4) is 0 Å². The van der Waals surface area contributed by atoms with E-state index in [9.17, 15) is 36.4 Å². The van der Waals surface area contributed by atoms with Crippen molar-refractivity contribution in [2.45, 2.75) is 31.0 Å². The second-order valence-corrected chi connectivity index (χ2v) is 8.64. The number of benzene rings is 1. The number of pyridine rings is 1. The van der Waals surface area contributed by atoms with Gasteiger partial charge in [-0.1, -0.05) is 6.07 Å². The second kappa shape index (κ2) is 11.6. The van der Waals surface area contributed by atoms with Crippen molar-refractivity contribution in [1.82, 2.24) is 19.7 Å². The number of nitrogens with zero attached hydrogens (tertiary/aromatic N) is 5. The lowest BCUT2D eigenvalue weighted by Crippen LogP contribution is -2.47. The number of carbonyl (C=O) groups is 1. The SMILES string of the molecule is CNc1cc(F)c(-c2cnn(C3CCN(C)CC3(F)F)c2)c(C#N)c1.O=CCc1cccc(C(F)(F)F)n1. The van der Waals surface area contributed by atoms with Crippen LogP contribution in [0.4, 0.5) is 32.0 Å². The second-order valence-electron chi connectivity index (χ2n) is 8.64. The monoisotopic (exact) mass is 538 g/mol. The van der Waals surface area contributed by atoms with Crippen LogP contribution in [0.15, 0.2) is 42.7 Å². The number of aromatic nitrogens is 3. The Morgan fingerprint density at radius 1 is 1.29 bits per heavy atom. The zero-order chi connectivity index (χ0) is 28.1. The first-order valence-corrected chi connectivity index (χ1v) is 11.4. The average molecular weight is 538 g/mol. The van der Waals surface area contributed by atoms with E-state index in [1.807, 2.05) is 6.07 Å². The first-order valence-electron chi connectivity index (χ1n) is 11.4. The zero-order valence-corrected chi connectivity index (χ0v) is 20.4. The number of alkyl halides is 5. The number of aldehydes is 1. The molecule has 1 saturated heterocycles. The fourth-order valence-electron chi connectivity index (χ4n) is 4.03. The number of nitrogens with one attached hydrogen (secondary N) is 1. The van der Waals surface area contributed by atoms with Crippen molar-refractivity contribution >= 4 is 12.0 Å². The molecule has 13 heteroatoms. The van der Waals surface area contributed by atoms with Crippen molar-refractivity contribution in [2.24, 2.45) is 0 Å². The van der Waals surface area contributed by atoms with E-state index >= 15 is 0 Å². The summed E-state index contributed by atoms with van der Waals surface area (Å²) in [6.07, 6.45) is -1.06. The van der Waals surface area contributed by atoms with Crippen LogP contribution in [-0.2, 0) is 17.4 Å². The Balaban J connectivity index is 0.000000260. The minimum atomic E-state index is -4.45. The van der Waals surface area contributed by atoms with E-state index < -0.39 is 29.7 Å². The van der Waals surface area contributed by atoms with Crippen molar-refractivity contribution in [3.8, 4) is 17.2 Å². The molecule has 1 N–H and O–H groups in total. The maximum absolute atomic E-state index is 14.4. The lowest BCUT2D eigenvalue weighted by atomic mass is 10.0. The predicted octanol–water partition coefficient (Wildman–Crippen LogP) is 4.96. The molecule has 1 atom stereocenters. The molecule has 0 radical (unpaired) electrons. The molecule has 7 nitrogen and oxygen atoms in total. The summed E-state index contributed by atoms with van der Waals surface area (Å²) in [5.74, 6) is -3.53. The minimum Gasteiger partial charge on any atom is -0.388 e. The van der Waals surface area contributed by atoms with E-state index in [-0.39, 0.29) is 36.2 Å². The summed E-state index contributed by atoms with van der Waals surface area (Å²) in [6, 6.07) is 7.12. The van der Waals surface area contributed by atoms with Gasteiger partial charge in [0.1, 0.15) is 23.8 Å². The number of rotatable bonds is 5. The molecule has 1 aliphatic rings. The highest BCUT2D eigenvalue weighted by Crippen LogP contribution is 2.37. The number of piperidine rings is 1. The number of carbonyl (C=O) groups excluding carboxylic acids is 1. The van der Waals surface area contributed by atoms with Crippen LogP contribution >= 0.6 is 0 Å². The highest BCUT2D eigenvalue weighted by molar-refractivity contribution is 5.73. The quantitative estimate of drug-likeness (QED) is 0.365. The van der Waals surface area contributed by atoms with E-state index in [2.05, 4.69) is 15.4 Å². The van der Waals surface area contributed by atoms with Crippen molar-refractivity contribution < 1.29 is 31.1 Å². The summed E-state index contributed by atoms with van der Waals surface area (Å²) in [4.78, 5) is 14.9. The van der Waals surface area contributed by atoms with E-state index in [0.29, 0.717) is 24.1 Å². The number of anilines is 1. The summed E-state index contributed by atoms with van der Waals surface area (Å²) in [5, 5.41) is 16.1. The Labute approximate surface area is 214 Å². The minimum absolute atomic E-state index is 0.0731. The van der Waals surface area contributed by atoms with Crippen LogP contribution in [0.2, 0.25) is 0 Å². The summed E-state index contributed by atoms with van der Waals surface area (Å²) in [6.45, 7) is 0.186. The van der Waals surface area contributed by atoms with Crippen molar-refractivity contribution in [3.05, 3.63) is 65.5 Å². The summed E-state index contributed by atoms with van der Waals surface area (Å²) in [7, 11) is 3.27. The van der Waals surface area contributed by atoms with Crippen LogP contribution in [0, 0.1) is 17.1 Å². The van der Waals surface area contributed by atoms with E-state index in [0.717, 1.165) is 6.07 Å². The van der Waals surface area contributed by atoms with Crippen LogP contribution < -0.4 is 5.32 Å². The normalized spacial score (nSPS) is 17.2. The smallest absolute Gasteiger partial charge is 0.388 e. The van der Waals surface area contributed by atoms with Gasteiger partial charge in [-0.25, -0.2) is 18.2 Å². The topological polar surface area (TPSA) is 86.8 Å². The molecule has 2 aromatic heterocycles. The summed E-state index contributed by atoms with van der Waals surface area (Å²) >= 11 is 0. The third-order valence-electron chi connectivity index (χ3n) is 5.85. The molecule has 3 heterocycles. The summed E-state index contributed by atoms with van der Waals surface area (Å²) < 4.78 is 80.4. The van der Waals surface area contributed by atoms with Gasteiger partial charge in [-0.05, 0) is 37.7 Å². The lowest BCUT2D eigenvalue weighted by Gasteiger charge is -2.36. The third kappa shape index (κ3) is 6.69. The molecule has 0 saturated carbocycles. The Kier molecular flexibility index (Phi) is 8.78. The van der Waals surface area contributed by atoms with E-state index in [1.165, 1.54) is 41.3 Å². The molecule has 38 heavy (non-hydrogen) atoms. The molecule has 1 aromatic carbocycles. The first-order chi connectivity index (χ1) is 17.9. The standard InChI is InChI=1S/C17H18F3N5.C8H6F3NO/c1-22-13-5-11(7-21)16(14(18)6-13)12-8-23-25(9-12)15-3-4-24(2)10-17(15,19)20;9-8(10,11)7-3-1-2-6(12-7)4-5-13/h5-6,8-9,15,22H,3-4,10H2,1-2H3;1-3,5H,4H2. The van der Waals surface area contributed by atoms with Gasteiger partial charge in [0, 0.05) is 48.7 Å². The van der Waals surface area contributed by atoms with Gasteiger partial charge in [-0.3, -0.25) is 4.68 Å². The van der Waals surface area contributed by atoms with Crippen LogP contribution in [0.25, 0.3) is 11.1 Å². The molecule has 0 aliphatic carbocycles. The largest absolute Gasteiger partial charge is 0.433 e. The molecule has 1 aliphatic heterocycles. The van der Waals surface area contributed by atoms with Crippen LogP contribution in [0.5, 0.6) is 0 Å². The molecule has 202 valence electrons. The number of hydrogen-bond acceptors (Lipinski definition) is 6. The number of likely N-dealkylation sites (tertiary alicyclic amines) is 1. The Morgan fingerprint density at radius 2 is 2.03 bits per heavy atom. The highest BCUT2D eigenvalue weighted by atomic mass is 19.4. The van der Waals surface area contributed by atoms with E-state index in [4.69, 9.17) is 0 Å². The molecule has 1 fully saturated rings. The maximum Gasteiger partial charge on any atom is 0.433 e. The Hall–Kier alpha value is -3.92. The summed E-state index contributed by atoms with van der Waals surface area (Å²) in [5.41, 5.74) is 0.137. The number of hydrogen-bond donors (Lipinski definition) is 1. The van der Waals surface area contributed by atoms with Crippen LogP contribution in [-0.4, -0.2) is 59.1 Å². The predicted molar refractivity (Wildman–Crippen MR) is 127 cm³/mol. The molecule has 0 spiro atoms. The molecule has 0 bridgehead atoms. The van der Waals surface area contributed by atoms with Gasteiger partial charge in [0.05, 0.1) is 24.4 Å².